The molecule has 0 spiro atoms. The van der Waals surface area contributed by atoms with Gasteiger partial charge in [0.1, 0.15) is 5.76 Å². The van der Waals surface area contributed by atoms with Gasteiger partial charge in [-0.2, -0.15) is 5.10 Å². The van der Waals surface area contributed by atoms with Crippen molar-refractivity contribution in [2.45, 2.75) is 39.9 Å². The third kappa shape index (κ3) is 3.42. The lowest BCUT2D eigenvalue weighted by atomic mass is 10.3. The SMILES string of the molecule is Cc1cnn(C[C@@H](C)NCc2cc(C)on2)c1. The molecular formula is C12H18N4O. The van der Waals surface area contributed by atoms with Gasteiger partial charge in [-0.25, -0.2) is 0 Å². The molecule has 2 aromatic rings. The number of hydrogen-bond donors (Lipinski definition) is 1. The van der Waals surface area contributed by atoms with Gasteiger partial charge in [0.15, 0.2) is 0 Å². The highest BCUT2D eigenvalue weighted by molar-refractivity contribution is 5.03. The molecule has 0 unspecified atom stereocenters. The molecule has 0 aliphatic heterocycles. The monoisotopic (exact) mass is 234 g/mol. The fraction of sp³-hybridized carbons (Fsp3) is 0.500. The number of rotatable bonds is 5. The van der Waals surface area contributed by atoms with Crippen LogP contribution in [-0.4, -0.2) is 21.0 Å². The first-order valence-corrected chi connectivity index (χ1v) is 5.78. The lowest BCUT2D eigenvalue weighted by Crippen LogP contribution is -2.30. The van der Waals surface area contributed by atoms with E-state index in [-0.39, 0.29) is 0 Å². The topological polar surface area (TPSA) is 55.9 Å². The minimum absolute atomic E-state index is 0.339. The molecular weight excluding hydrogens is 216 g/mol. The summed E-state index contributed by atoms with van der Waals surface area (Å²) in [6, 6.07) is 2.28. The van der Waals surface area contributed by atoms with Crippen molar-refractivity contribution >= 4 is 0 Å². The van der Waals surface area contributed by atoms with Crippen LogP contribution in [0.3, 0.4) is 0 Å². The van der Waals surface area contributed by atoms with Crippen LogP contribution in [0.15, 0.2) is 23.0 Å². The Morgan fingerprint density at radius 1 is 1.47 bits per heavy atom. The summed E-state index contributed by atoms with van der Waals surface area (Å²) in [6.07, 6.45) is 3.91. The Morgan fingerprint density at radius 3 is 2.88 bits per heavy atom. The maximum atomic E-state index is 5.01. The molecule has 1 atom stereocenters. The molecule has 0 aliphatic rings. The summed E-state index contributed by atoms with van der Waals surface area (Å²) in [5.74, 6) is 0.845. The van der Waals surface area contributed by atoms with Gasteiger partial charge < -0.3 is 9.84 Å². The van der Waals surface area contributed by atoms with Gasteiger partial charge in [0, 0.05) is 24.8 Å². The summed E-state index contributed by atoms with van der Waals surface area (Å²) >= 11 is 0. The average molecular weight is 234 g/mol. The second-order valence-corrected chi connectivity index (χ2v) is 4.45. The molecule has 0 radical (unpaired) electrons. The van der Waals surface area contributed by atoms with Gasteiger partial charge in [-0.3, -0.25) is 4.68 Å². The van der Waals surface area contributed by atoms with E-state index in [9.17, 15) is 0 Å². The smallest absolute Gasteiger partial charge is 0.133 e. The summed E-state index contributed by atoms with van der Waals surface area (Å²) in [6.45, 7) is 7.64. The van der Waals surface area contributed by atoms with E-state index >= 15 is 0 Å². The maximum absolute atomic E-state index is 5.01. The van der Waals surface area contributed by atoms with Crippen molar-refractivity contribution in [2.75, 3.05) is 0 Å². The first-order chi connectivity index (χ1) is 8.13. The zero-order valence-corrected chi connectivity index (χ0v) is 10.5. The second-order valence-electron chi connectivity index (χ2n) is 4.45. The van der Waals surface area contributed by atoms with Crippen molar-refractivity contribution in [3.63, 3.8) is 0 Å². The number of nitrogens with one attached hydrogen (secondary N) is 1. The first kappa shape index (κ1) is 11.9. The molecule has 2 heterocycles. The highest BCUT2D eigenvalue weighted by Crippen LogP contribution is 2.02. The average Bonchev–Trinajstić information content (AvgIpc) is 2.85. The minimum Gasteiger partial charge on any atom is -0.361 e. The van der Waals surface area contributed by atoms with Gasteiger partial charge in [0.25, 0.3) is 0 Å². The van der Waals surface area contributed by atoms with Crippen LogP contribution in [0.1, 0.15) is 23.9 Å². The largest absolute Gasteiger partial charge is 0.361 e. The third-order valence-electron chi connectivity index (χ3n) is 2.53. The van der Waals surface area contributed by atoms with Gasteiger partial charge in [0.05, 0.1) is 18.4 Å². The molecule has 0 aliphatic carbocycles. The number of aryl methyl sites for hydroxylation is 2. The standard InChI is InChI=1S/C12H18N4O/c1-9-5-14-16(7-9)8-10(2)13-6-12-4-11(3)17-15-12/h4-5,7,10,13H,6,8H2,1-3H3/t10-/m1/s1. The molecule has 92 valence electrons. The van der Waals surface area contributed by atoms with Crippen LogP contribution in [0, 0.1) is 13.8 Å². The van der Waals surface area contributed by atoms with Crippen LogP contribution in [0.4, 0.5) is 0 Å². The van der Waals surface area contributed by atoms with Gasteiger partial charge >= 0.3 is 0 Å². The van der Waals surface area contributed by atoms with Crippen LogP contribution in [0.5, 0.6) is 0 Å². The molecule has 17 heavy (non-hydrogen) atoms. The molecule has 5 nitrogen and oxygen atoms in total. The number of nitrogens with zero attached hydrogens (tertiary/aromatic N) is 3. The Morgan fingerprint density at radius 2 is 2.29 bits per heavy atom. The van der Waals surface area contributed by atoms with E-state index in [2.05, 4.69) is 22.5 Å². The molecule has 5 heteroatoms. The second kappa shape index (κ2) is 5.14. The van der Waals surface area contributed by atoms with Gasteiger partial charge in [-0.05, 0) is 26.3 Å². The molecule has 2 aromatic heterocycles. The fourth-order valence-corrected chi connectivity index (χ4v) is 1.69. The van der Waals surface area contributed by atoms with E-state index < -0.39 is 0 Å². The maximum Gasteiger partial charge on any atom is 0.133 e. The van der Waals surface area contributed by atoms with E-state index in [4.69, 9.17) is 4.52 Å². The summed E-state index contributed by atoms with van der Waals surface area (Å²) in [5, 5.41) is 11.6. The Kier molecular flexibility index (Phi) is 3.58. The highest BCUT2D eigenvalue weighted by atomic mass is 16.5. The zero-order valence-electron chi connectivity index (χ0n) is 10.5. The molecule has 0 fully saturated rings. The Bertz CT molecular complexity index is 474. The van der Waals surface area contributed by atoms with Crippen molar-refractivity contribution in [1.82, 2.24) is 20.3 Å². The Balaban J connectivity index is 1.79. The molecule has 0 saturated carbocycles. The van der Waals surface area contributed by atoms with Gasteiger partial charge in [-0.1, -0.05) is 5.16 Å². The number of aromatic nitrogens is 3. The van der Waals surface area contributed by atoms with Crippen molar-refractivity contribution in [3.05, 3.63) is 35.5 Å². The van der Waals surface area contributed by atoms with Gasteiger partial charge in [0.2, 0.25) is 0 Å². The molecule has 0 bridgehead atoms. The third-order valence-corrected chi connectivity index (χ3v) is 2.53. The van der Waals surface area contributed by atoms with Crippen LogP contribution in [-0.2, 0) is 13.1 Å². The summed E-state index contributed by atoms with van der Waals surface area (Å²) in [4.78, 5) is 0. The van der Waals surface area contributed by atoms with Crippen LogP contribution in [0.25, 0.3) is 0 Å². The fourth-order valence-electron chi connectivity index (χ4n) is 1.69. The predicted molar refractivity (Wildman–Crippen MR) is 64.5 cm³/mol. The molecule has 2 rings (SSSR count). The van der Waals surface area contributed by atoms with E-state index in [1.54, 1.807) is 0 Å². The van der Waals surface area contributed by atoms with Crippen LogP contribution in [0.2, 0.25) is 0 Å². The molecule has 0 aromatic carbocycles. The van der Waals surface area contributed by atoms with Crippen LogP contribution >= 0.6 is 0 Å². The predicted octanol–water partition coefficient (Wildman–Crippen LogP) is 1.67. The van der Waals surface area contributed by atoms with Crippen molar-refractivity contribution < 1.29 is 4.52 Å². The van der Waals surface area contributed by atoms with Gasteiger partial charge in [-0.15, -0.1) is 0 Å². The normalized spacial score (nSPS) is 12.9. The lowest BCUT2D eigenvalue weighted by molar-refractivity contribution is 0.382. The summed E-state index contributed by atoms with van der Waals surface area (Å²) < 4.78 is 6.96. The zero-order chi connectivity index (χ0) is 12.3. The first-order valence-electron chi connectivity index (χ1n) is 5.78. The Hall–Kier alpha value is -1.62. The number of hydrogen-bond acceptors (Lipinski definition) is 4. The van der Waals surface area contributed by atoms with E-state index in [0.29, 0.717) is 6.04 Å². The Labute approximate surface area is 101 Å². The van der Waals surface area contributed by atoms with Crippen LogP contribution < -0.4 is 5.32 Å². The van der Waals surface area contributed by atoms with Crippen molar-refractivity contribution in [1.29, 1.82) is 0 Å². The highest BCUT2D eigenvalue weighted by Gasteiger charge is 2.05. The minimum atomic E-state index is 0.339. The van der Waals surface area contributed by atoms with Crippen molar-refractivity contribution in [2.24, 2.45) is 0 Å². The van der Waals surface area contributed by atoms with Crippen molar-refractivity contribution in [3.8, 4) is 0 Å². The van der Waals surface area contributed by atoms with E-state index in [1.807, 2.05) is 37.0 Å². The summed E-state index contributed by atoms with van der Waals surface area (Å²) in [7, 11) is 0. The molecule has 1 N–H and O–H groups in total. The van der Waals surface area contributed by atoms with E-state index in [1.165, 1.54) is 5.56 Å². The molecule has 0 saturated heterocycles. The summed E-state index contributed by atoms with van der Waals surface area (Å²) in [5.41, 5.74) is 2.12. The quantitative estimate of drug-likeness (QED) is 0.855. The molecule has 0 amide bonds. The van der Waals surface area contributed by atoms with E-state index in [0.717, 1.165) is 24.5 Å². The lowest BCUT2D eigenvalue weighted by Gasteiger charge is -2.12.